The van der Waals surface area contributed by atoms with Crippen LogP contribution in [0.3, 0.4) is 0 Å². The fourth-order valence-corrected chi connectivity index (χ4v) is 7.35. The van der Waals surface area contributed by atoms with Crippen molar-refractivity contribution in [2.45, 2.75) is 76.0 Å². The third-order valence-electron chi connectivity index (χ3n) is 9.00. The van der Waals surface area contributed by atoms with E-state index in [2.05, 4.69) is 6.58 Å². The van der Waals surface area contributed by atoms with E-state index in [1.165, 1.54) is 23.6 Å². The average Bonchev–Trinajstić information content (AvgIpc) is 3.04. The van der Waals surface area contributed by atoms with E-state index < -0.39 is 35.5 Å². The monoisotopic (exact) mass is 464 g/mol. The summed E-state index contributed by atoms with van der Waals surface area (Å²) in [7, 11) is 0. The highest BCUT2D eigenvalue weighted by Gasteiger charge is 2.78. The number of alkyl halides is 5. The Kier molecular flexibility index (Phi) is 5.03. The van der Waals surface area contributed by atoms with E-state index in [-0.39, 0.29) is 18.8 Å². The van der Waals surface area contributed by atoms with Gasteiger partial charge in [-0.1, -0.05) is 55.0 Å². The maximum Gasteiger partial charge on any atom is 0.456 e. The molecule has 1 N–H and O–H groups in total. The lowest BCUT2D eigenvalue weighted by Crippen LogP contribution is -2.64. The molecule has 0 amide bonds. The Balaban J connectivity index is 1.71. The maximum atomic E-state index is 14.9. The number of hydrogen-bond donors (Lipinski definition) is 1. The Morgan fingerprint density at radius 3 is 2.33 bits per heavy atom. The molecule has 0 saturated heterocycles. The molecular weight excluding hydrogens is 435 g/mol. The molecule has 0 aromatic heterocycles. The van der Waals surface area contributed by atoms with Gasteiger partial charge in [-0.2, -0.15) is 22.0 Å². The molecule has 0 radical (unpaired) electrons. The largest absolute Gasteiger partial charge is 0.456 e. The van der Waals surface area contributed by atoms with E-state index in [9.17, 15) is 27.1 Å². The molecule has 6 heteroatoms. The van der Waals surface area contributed by atoms with Crippen LogP contribution in [0.1, 0.15) is 63.9 Å². The molecule has 4 aliphatic carbocycles. The quantitative estimate of drug-likeness (QED) is 0.352. The summed E-state index contributed by atoms with van der Waals surface area (Å²) < 4.78 is 70.4. The Bertz CT molecular complexity index is 1050. The van der Waals surface area contributed by atoms with Crippen LogP contribution in [-0.2, 0) is 0 Å². The zero-order valence-corrected chi connectivity index (χ0v) is 18.7. The summed E-state index contributed by atoms with van der Waals surface area (Å²) in [5, 5.41) is 11.2. The number of aliphatic hydroxyl groups is 1. The first-order valence-corrected chi connectivity index (χ1v) is 11.7. The molecule has 1 aromatic carbocycles. The standard InChI is InChI=1S/C27H29F5O/c1-16-8-10-19-18(14-16)9-11-20-22-12-13-25(33,26(28,29)27(30,31)32)24(22,2)15-21(23(19)20)17-6-4-3-5-7-17/h3-7,20,22,33H,1,8-15H2,2H3. The number of hydrogen-bond acceptors (Lipinski definition) is 1. The van der Waals surface area contributed by atoms with E-state index in [1.807, 2.05) is 30.3 Å². The van der Waals surface area contributed by atoms with Crippen molar-refractivity contribution in [1.82, 2.24) is 0 Å². The number of halogens is 5. The van der Waals surface area contributed by atoms with Crippen molar-refractivity contribution in [2.24, 2.45) is 17.3 Å². The van der Waals surface area contributed by atoms with Crippen LogP contribution >= 0.6 is 0 Å². The lowest BCUT2D eigenvalue weighted by Gasteiger charge is -2.54. The molecule has 1 nitrogen and oxygen atoms in total. The number of rotatable bonds is 2. The number of fused-ring (bicyclic) bond motifs is 4. The second-order valence-corrected chi connectivity index (χ2v) is 10.6. The summed E-state index contributed by atoms with van der Waals surface area (Å²) in [6.07, 6.45) is -2.10. The number of allylic oxidation sites excluding steroid dienone is 5. The van der Waals surface area contributed by atoms with E-state index in [1.54, 1.807) is 0 Å². The molecule has 1 fully saturated rings. The Morgan fingerprint density at radius 2 is 1.67 bits per heavy atom. The molecule has 1 aromatic rings. The van der Waals surface area contributed by atoms with Gasteiger partial charge >= 0.3 is 12.1 Å². The minimum Gasteiger partial charge on any atom is -0.383 e. The maximum absolute atomic E-state index is 14.9. The Morgan fingerprint density at radius 1 is 0.970 bits per heavy atom. The van der Waals surface area contributed by atoms with E-state index >= 15 is 0 Å². The predicted molar refractivity (Wildman–Crippen MR) is 118 cm³/mol. The highest BCUT2D eigenvalue weighted by atomic mass is 19.4. The molecule has 1 saturated carbocycles. The molecule has 4 unspecified atom stereocenters. The third kappa shape index (κ3) is 3.05. The summed E-state index contributed by atoms with van der Waals surface area (Å²) in [5.74, 6) is -5.72. The van der Waals surface area contributed by atoms with Gasteiger partial charge in [-0.15, -0.1) is 0 Å². The predicted octanol–water partition coefficient (Wildman–Crippen LogP) is 7.64. The highest BCUT2D eigenvalue weighted by Crippen LogP contribution is 2.69. The van der Waals surface area contributed by atoms with Crippen LogP contribution < -0.4 is 0 Å². The molecule has 0 bridgehead atoms. The molecule has 0 spiro atoms. The van der Waals surface area contributed by atoms with Gasteiger partial charge < -0.3 is 5.11 Å². The molecule has 4 atom stereocenters. The second-order valence-electron chi connectivity index (χ2n) is 10.6. The van der Waals surface area contributed by atoms with Gasteiger partial charge in [0.2, 0.25) is 0 Å². The lowest BCUT2D eigenvalue weighted by molar-refractivity contribution is -0.360. The van der Waals surface area contributed by atoms with Crippen molar-refractivity contribution in [2.75, 3.05) is 0 Å². The fourth-order valence-electron chi connectivity index (χ4n) is 7.35. The second kappa shape index (κ2) is 7.27. The smallest absolute Gasteiger partial charge is 0.383 e. The van der Waals surface area contributed by atoms with Gasteiger partial charge in [0, 0.05) is 5.41 Å². The van der Waals surface area contributed by atoms with E-state index in [0.29, 0.717) is 6.42 Å². The van der Waals surface area contributed by atoms with Gasteiger partial charge in [-0.3, -0.25) is 0 Å². The van der Waals surface area contributed by atoms with Crippen LogP contribution in [0.2, 0.25) is 0 Å². The van der Waals surface area contributed by atoms with Crippen molar-refractivity contribution in [1.29, 1.82) is 0 Å². The molecule has 0 heterocycles. The molecular formula is C27H29F5O. The van der Waals surface area contributed by atoms with Crippen LogP contribution in [-0.4, -0.2) is 22.8 Å². The minimum atomic E-state index is -5.80. The van der Waals surface area contributed by atoms with Crippen molar-refractivity contribution in [3.05, 3.63) is 64.8 Å². The van der Waals surface area contributed by atoms with E-state index in [4.69, 9.17) is 0 Å². The summed E-state index contributed by atoms with van der Waals surface area (Å²) in [5.41, 5.74) is 1.90. The van der Waals surface area contributed by atoms with Crippen LogP contribution in [0.5, 0.6) is 0 Å². The van der Waals surface area contributed by atoms with Crippen LogP contribution in [0.4, 0.5) is 22.0 Å². The topological polar surface area (TPSA) is 20.2 Å². The van der Waals surface area contributed by atoms with Gasteiger partial charge in [0.1, 0.15) is 5.60 Å². The van der Waals surface area contributed by atoms with Crippen LogP contribution in [0.25, 0.3) is 5.57 Å². The first-order chi connectivity index (χ1) is 15.4. The van der Waals surface area contributed by atoms with Gasteiger partial charge in [0.05, 0.1) is 0 Å². The van der Waals surface area contributed by atoms with E-state index in [0.717, 1.165) is 42.4 Å². The van der Waals surface area contributed by atoms with Crippen molar-refractivity contribution >= 4 is 5.57 Å². The summed E-state index contributed by atoms with van der Waals surface area (Å²) in [6.45, 7) is 5.62. The lowest BCUT2D eigenvalue weighted by atomic mass is 9.53. The zero-order chi connectivity index (χ0) is 23.8. The van der Waals surface area contributed by atoms with Crippen molar-refractivity contribution < 1.29 is 27.1 Å². The zero-order valence-electron chi connectivity index (χ0n) is 18.7. The first kappa shape index (κ1) is 22.8. The van der Waals surface area contributed by atoms with Gasteiger partial charge in [0.25, 0.3) is 0 Å². The molecule has 33 heavy (non-hydrogen) atoms. The number of benzene rings is 1. The molecule has 0 aliphatic heterocycles. The fraction of sp³-hybridized carbons (Fsp3) is 0.556. The van der Waals surface area contributed by atoms with Crippen molar-refractivity contribution in [3.63, 3.8) is 0 Å². The molecule has 4 aliphatic rings. The summed E-state index contributed by atoms with van der Waals surface area (Å²) in [4.78, 5) is 0. The third-order valence-corrected chi connectivity index (χ3v) is 9.00. The molecule has 178 valence electrons. The SMILES string of the molecule is C=C1CCC2=C(CCC3C2=C(c2ccccc2)CC2(C)C3CCC2(O)C(F)(F)C(F)(F)F)C1. The van der Waals surface area contributed by atoms with Gasteiger partial charge in [0.15, 0.2) is 0 Å². The van der Waals surface area contributed by atoms with Gasteiger partial charge in [-0.25, -0.2) is 0 Å². The Hall–Kier alpha value is -1.95. The molecule has 5 rings (SSSR count). The first-order valence-electron chi connectivity index (χ1n) is 11.7. The summed E-state index contributed by atoms with van der Waals surface area (Å²) >= 11 is 0. The average molecular weight is 465 g/mol. The van der Waals surface area contributed by atoms with Crippen LogP contribution in [0.15, 0.2) is 59.2 Å². The van der Waals surface area contributed by atoms with Crippen LogP contribution in [0, 0.1) is 17.3 Å². The van der Waals surface area contributed by atoms with Crippen molar-refractivity contribution in [3.8, 4) is 0 Å². The van der Waals surface area contributed by atoms with Gasteiger partial charge in [-0.05, 0) is 85.5 Å². The normalized spacial score (nSPS) is 34.8. The highest BCUT2D eigenvalue weighted by molar-refractivity contribution is 5.76. The summed E-state index contributed by atoms with van der Waals surface area (Å²) in [6, 6.07) is 9.38. The Labute approximate surface area is 191 Å². The minimum absolute atomic E-state index is 0.00735.